The van der Waals surface area contributed by atoms with Crippen molar-refractivity contribution in [2.75, 3.05) is 33.3 Å². The second-order valence-electron chi connectivity index (χ2n) is 7.93. The van der Waals surface area contributed by atoms with Crippen molar-refractivity contribution in [1.82, 2.24) is 14.8 Å². The number of pyridine rings is 1. The first-order chi connectivity index (χ1) is 15.0. The van der Waals surface area contributed by atoms with Gasteiger partial charge in [0.2, 0.25) is 11.8 Å². The number of carbonyl (C=O) groups excluding carboxylic acids is 2. The summed E-state index contributed by atoms with van der Waals surface area (Å²) in [4.78, 5) is 33.4. The van der Waals surface area contributed by atoms with Gasteiger partial charge in [0.05, 0.1) is 18.8 Å². The van der Waals surface area contributed by atoms with Crippen LogP contribution in [0.15, 0.2) is 42.6 Å². The summed E-state index contributed by atoms with van der Waals surface area (Å²) in [6.07, 6.45) is 3.51. The summed E-state index contributed by atoms with van der Waals surface area (Å²) in [5, 5.41) is 0. The van der Waals surface area contributed by atoms with Gasteiger partial charge in [0.1, 0.15) is 5.75 Å². The lowest BCUT2D eigenvalue weighted by atomic mass is 10.1. The summed E-state index contributed by atoms with van der Waals surface area (Å²) >= 11 is 0. The van der Waals surface area contributed by atoms with Crippen LogP contribution in [0.25, 0.3) is 0 Å². The van der Waals surface area contributed by atoms with Gasteiger partial charge in [-0.15, -0.1) is 0 Å². The molecule has 0 radical (unpaired) electrons. The van der Waals surface area contributed by atoms with Gasteiger partial charge < -0.3 is 19.3 Å². The van der Waals surface area contributed by atoms with Crippen molar-refractivity contribution in [1.29, 1.82) is 0 Å². The zero-order valence-corrected chi connectivity index (χ0v) is 18.5. The Morgan fingerprint density at radius 3 is 2.35 bits per heavy atom. The van der Waals surface area contributed by atoms with E-state index in [4.69, 9.17) is 9.47 Å². The number of amides is 2. The molecule has 7 nitrogen and oxygen atoms in total. The predicted octanol–water partition coefficient (Wildman–Crippen LogP) is 3.18. The van der Waals surface area contributed by atoms with Gasteiger partial charge in [-0.25, -0.2) is 4.98 Å². The monoisotopic (exact) mass is 425 g/mol. The highest BCUT2D eigenvalue weighted by Gasteiger charge is 2.23. The standard InChI is InChI=1S/C24H31N3O4/c1-18(2)31-22-11-8-20(17-25-22)24(29)27-14-4-13-26(15-16-27)23(28)12-7-19-5-9-21(30-3)10-6-19/h5-6,8-11,17-18H,4,7,12-16H2,1-3H3. The summed E-state index contributed by atoms with van der Waals surface area (Å²) in [6, 6.07) is 11.3. The number of ether oxygens (including phenoxy) is 2. The molecule has 0 N–H and O–H groups in total. The Bertz CT molecular complexity index is 865. The number of hydrogen-bond donors (Lipinski definition) is 0. The lowest BCUT2D eigenvalue weighted by Gasteiger charge is -2.22. The summed E-state index contributed by atoms with van der Waals surface area (Å²) in [7, 11) is 1.64. The maximum atomic E-state index is 12.9. The molecule has 7 heteroatoms. The van der Waals surface area contributed by atoms with Crippen molar-refractivity contribution in [3.8, 4) is 11.6 Å². The van der Waals surface area contributed by atoms with Gasteiger partial charge in [0.15, 0.2) is 0 Å². The Morgan fingerprint density at radius 1 is 1.00 bits per heavy atom. The van der Waals surface area contributed by atoms with E-state index in [-0.39, 0.29) is 17.9 Å². The van der Waals surface area contributed by atoms with Gasteiger partial charge in [-0.3, -0.25) is 9.59 Å². The average Bonchev–Trinajstić information content (AvgIpc) is 3.04. The normalized spacial score (nSPS) is 14.3. The van der Waals surface area contributed by atoms with E-state index in [1.165, 1.54) is 0 Å². The molecule has 1 aromatic carbocycles. The molecule has 1 aliphatic rings. The Kier molecular flexibility index (Phi) is 7.87. The number of carbonyl (C=O) groups is 2. The number of aryl methyl sites for hydroxylation is 1. The first kappa shape index (κ1) is 22.6. The summed E-state index contributed by atoms with van der Waals surface area (Å²) in [5.74, 6) is 1.39. The van der Waals surface area contributed by atoms with Crippen molar-refractivity contribution in [2.45, 2.75) is 39.2 Å². The first-order valence-electron chi connectivity index (χ1n) is 10.8. The van der Waals surface area contributed by atoms with E-state index in [2.05, 4.69) is 4.98 Å². The van der Waals surface area contributed by atoms with Crippen molar-refractivity contribution in [2.24, 2.45) is 0 Å². The van der Waals surface area contributed by atoms with E-state index in [0.717, 1.165) is 17.7 Å². The zero-order chi connectivity index (χ0) is 22.2. The quantitative estimate of drug-likeness (QED) is 0.681. The van der Waals surface area contributed by atoms with Gasteiger partial charge >= 0.3 is 0 Å². The molecule has 1 saturated heterocycles. The molecule has 0 atom stereocenters. The molecule has 2 amide bonds. The van der Waals surface area contributed by atoms with Crippen LogP contribution in [0.2, 0.25) is 0 Å². The molecular formula is C24H31N3O4. The summed E-state index contributed by atoms with van der Waals surface area (Å²) < 4.78 is 10.7. The van der Waals surface area contributed by atoms with Crippen LogP contribution in [0.1, 0.15) is 42.6 Å². The highest BCUT2D eigenvalue weighted by atomic mass is 16.5. The fourth-order valence-corrected chi connectivity index (χ4v) is 3.57. The van der Waals surface area contributed by atoms with Crippen molar-refractivity contribution >= 4 is 11.8 Å². The van der Waals surface area contributed by atoms with E-state index in [1.54, 1.807) is 30.3 Å². The lowest BCUT2D eigenvalue weighted by Crippen LogP contribution is -2.37. The second-order valence-corrected chi connectivity index (χ2v) is 7.93. The van der Waals surface area contributed by atoms with E-state index < -0.39 is 0 Å². The van der Waals surface area contributed by atoms with Crippen molar-refractivity contribution < 1.29 is 19.1 Å². The number of rotatable bonds is 7. The Balaban J connectivity index is 1.50. The van der Waals surface area contributed by atoms with Gasteiger partial charge in [-0.2, -0.15) is 0 Å². The number of aromatic nitrogens is 1. The van der Waals surface area contributed by atoms with Gasteiger partial charge in [0, 0.05) is 44.9 Å². The van der Waals surface area contributed by atoms with E-state index >= 15 is 0 Å². The molecule has 166 valence electrons. The third-order valence-electron chi connectivity index (χ3n) is 5.26. The maximum absolute atomic E-state index is 12.9. The molecule has 2 heterocycles. The highest BCUT2D eigenvalue weighted by molar-refractivity contribution is 5.94. The van der Waals surface area contributed by atoms with Crippen LogP contribution in [0.4, 0.5) is 0 Å². The van der Waals surface area contributed by atoms with E-state index in [0.29, 0.717) is 50.5 Å². The number of methoxy groups -OCH3 is 1. The van der Waals surface area contributed by atoms with Crippen molar-refractivity contribution in [3.05, 3.63) is 53.7 Å². The molecular weight excluding hydrogens is 394 g/mol. The topological polar surface area (TPSA) is 72.0 Å². The number of hydrogen-bond acceptors (Lipinski definition) is 5. The largest absolute Gasteiger partial charge is 0.497 e. The molecule has 0 aliphatic carbocycles. The molecule has 1 aliphatic heterocycles. The van der Waals surface area contributed by atoms with Gasteiger partial charge in [-0.1, -0.05) is 12.1 Å². The van der Waals surface area contributed by atoms with Gasteiger partial charge in [0.25, 0.3) is 5.91 Å². The van der Waals surface area contributed by atoms with Crippen LogP contribution in [-0.4, -0.2) is 66.0 Å². The van der Waals surface area contributed by atoms with Crippen LogP contribution in [0.5, 0.6) is 11.6 Å². The Hall–Kier alpha value is -3.09. The lowest BCUT2D eigenvalue weighted by molar-refractivity contribution is -0.131. The highest BCUT2D eigenvalue weighted by Crippen LogP contribution is 2.15. The van der Waals surface area contributed by atoms with E-state index in [1.807, 2.05) is 43.0 Å². The SMILES string of the molecule is COc1ccc(CCC(=O)N2CCCN(C(=O)c3ccc(OC(C)C)nc3)CC2)cc1. The first-order valence-corrected chi connectivity index (χ1v) is 10.8. The minimum Gasteiger partial charge on any atom is -0.497 e. The van der Waals surface area contributed by atoms with Crippen molar-refractivity contribution in [3.63, 3.8) is 0 Å². The fraction of sp³-hybridized carbons (Fsp3) is 0.458. The molecule has 0 spiro atoms. The second kappa shape index (κ2) is 10.8. The fourth-order valence-electron chi connectivity index (χ4n) is 3.57. The summed E-state index contributed by atoms with van der Waals surface area (Å²) in [6.45, 7) is 6.24. The zero-order valence-electron chi connectivity index (χ0n) is 18.5. The molecule has 0 unspecified atom stereocenters. The molecule has 0 bridgehead atoms. The third-order valence-corrected chi connectivity index (χ3v) is 5.26. The van der Waals surface area contributed by atoms with Crippen LogP contribution in [0.3, 0.4) is 0 Å². The average molecular weight is 426 g/mol. The van der Waals surface area contributed by atoms with Crippen LogP contribution < -0.4 is 9.47 Å². The van der Waals surface area contributed by atoms with Crippen LogP contribution in [-0.2, 0) is 11.2 Å². The number of nitrogens with zero attached hydrogens (tertiary/aromatic N) is 3. The third kappa shape index (κ3) is 6.44. The Labute approximate surface area is 184 Å². The molecule has 3 rings (SSSR count). The Morgan fingerprint density at radius 2 is 1.71 bits per heavy atom. The van der Waals surface area contributed by atoms with Crippen LogP contribution >= 0.6 is 0 Å². The maximum Gasteiger partial charge on any atom is 0.255 e. The van der Waals surface area contributed by atoms with E-state index in [9.17, 15) is 9.59 Å². The number of benzene rings is 1. The molecule has 31 heavy (non-hydrogen) atoms. The minimum absolute atomic E-state index is 0.0351. The smallest absolute Gasteiger partial charge is 0.255 e. The molecule has 1 aromatic heterocycles. The minimum atomic E-state index is -0.0591. The molecule has 2 aromatic rings. The predicted molar refractivity (Wildman–Crippen MR) is 118 cm³/mol. The summed E-state index contributed by atoms with van der Waals surface area (Å²) in [5.41, 5.74) is 1.65. The molecule has 1 fully saturated rings. The molecule has 0 saturated carbocycles. The van der Waals surface area contributed by atoms with Gasteiger partial charge in [-0.05, 0) is 50.5 Å². The van der Waals surface area contributed by atoms with Crippen LogP contribution in [0, 0.1) is 0 Å².